The number of nitrogens with zero attached hydrogens (tertiary/aromatic N) is 3. The van der Waals surface area contributed by atoms with Crippen molar-refractivity contribution in [2.75, 3.05) is 10.0 Å². The van der Waals surface area contributed by atoms with Gasteiger partial charge in [-0.2, -0.15) is 0 Å². The van der Waals surface area contributed by atoms with E-state index in [1.165, 1.54) is 43.3 Å². The molecule has 3 N–H and O–H groups in total. The highest BCUT2D eigenvalue weighted by Crippen LogP contribution is 2.20. The molecule has 13 heteroatoms. The number of anilines is 2. The van der Waals surface area contributed by atoms with Gasteiger partial charge in [0.1, 0.15) is 5.82 Å². The van der Waals surface area contributed by atoms with Crippen LogP contribution in [0.25, 0.3) is 11.4 Å². The van der Waals surface area contributed by atoms with Crippen molar-refractivity contribution >= 4 is 45.0 Å². The van der Waals surface area contributed by atoms with E-state index in [2.05, 4.69) is 30.2 Å². The molecule has 0 aliphatic rings. The van der Waals surface area contributed by atoms with Gasteiger partial charge >= 0.3 is 5.97 Å². The Kier molecular flexibility index (Phi) is 7.74. The molecule has 4 rings (SSSR count). The van der Waals surface area contributed by atoms with Crippen molar-refractivity contribution in [3.05, 3.63) is 82.8 Å². The van der Waals surface area contributed by atoms with Crippen LogP contribution in [-0.2, 0) is 19.6 Å². The van der Waals surface area contributed by atoms with Crippen molar-refractivity contribution in [3.8, 4) is 11.4 Å². The van der Waals surface area contributed by atoms with Crippen LogP contribution in [0, 0.1) is 13.8 Å². The summed E-state index contributed by atoms with van der Waals surface area (Å²) in [5.74, 6) is -0.547. The number of nitrogens with one attached hydrogen (secondary N) is 3. The van der Waals surface area contributed by atoms with Crippen molar-refractivity contribution in [1.29, 1.82) is 0 Å². The van der Waals surface area contributed by atoms with Gasteiger partial charge in [0.05, 0.1) is 16.2 Å². The fourth-order valence-electron chi connectivity index (χ4n) is 3.26. The molecule has 2 heterocycles. The van der Waals surface area contributed by atoms with Gasteiger partial charge < -0.3 is 15.0 Å². The predicted molar refractivity (Wildman–Crippen MR) is 141 cm³/mol. The van der Waals surface area contributed by atoms with Gasteiger partial charge in [0, 0.05) is 16.9 Å². The summed E-state index contributed by atoms with van der Waals surface area (Å²) in [6.07, 6.45) is -1.11. The highest BCUT2D eigenvalue weighted by Gasteiger charge is 2.20. The smallest absolute Gasteiger partial charge is 0.338 e. The zero-order chi connectivity index (χ0) is 27.4. The third-order valence-electron chi connectivity index (χ3n) is 5.48. The maximum absolute atomic E-state index is 12.5. The highest BCUT2D eigenvalue weighted by atomic mass is 35.5. The Bertz CT molecular complexity index is 1550. The Morgan fingerprint density at radius 3 is 2.24 bits per heavy atom. The lowest BCUT2D eigenvalue weighted by atomic mass is 10.1. The van der Waals surface area contributed by atoms with Gasteiger partial charge in [0.25, 0.3) is 15.9 Å². The van der Waals surface area contributed by atoms with E-state index in [1.807, 2.05) is 13.8 Å². The lowest BCUT2D eigenvalue weighted by Crippen LogP contribution is -2.30. The molecular formula is C25H23ClN6O5S. The molecule has 1 unspecified atom stereocenters. The van der Waals surface area contributed by atoms with Crippen LogP contribution in [0.2, 0.25) is 5.15 Å². The summed E-state index contributed by atoms with van der Waals surface area (Å²) >= 11 is 5.66. The van der Waals surface area contributed by atoms with E-state index >= 15 is 0 Å². The summed E-state index contributed by atoms with van der Waals surface area (Å²) in [5, 5.41) is 9.96. The number of carbonyl (C=O) groups excluding carboxylic acids is 2. The minimum atomic E-state index is -3.94. The summed E-state index contributed by atoms with van der Waals surface area (Å²) in [6.45, 7) is 5.27. The van der Waals surface area contributed by atoms with Gasteiger partial charge in [-0.05, 0) is 69.3 Å². The third kappa shape index (κ3) is 6.33. The van der Waals surface area contributed by atoms with E-state index in [9.17, 15) is 18.0 Å². The number of ether oxygens (including phenoxy) is 1. The Hall–Kier alpha value is -4.29. The summed E-state index contributed by atoms with van der Waals surface area (Å²) in [6, 6.07) is 14.9. The Balaban J connectivity index is 1.34. The normalized spacial score (nSPS) is 12.0. The Labute approximate surface area is 223 Å². The number of hydrogen-bond donors (Lipinski definition) is 3. The highest BCUT2D eigenvalue weighted by molar-refractivity contribution is 7.92. The molecule has 0 saturated carbocycles. The summed E-state index contributed by atoms with van der Waals surface area (Å²) in [5.41, 5.74) is 3.26. The molecule has 1 atom stereocenters. The molecule has 0 fully saturated rings. The molecule has 11 nitrogen and oxygen atoms in total. The molecule has 2 aromatic heterocycles. The molecule has 0 spiro atoms. The number of imidazole rings is 1. The van der Waals surface area contributed by atoms with Crippen LogP contribution in [0.5, 0.6) is 0 Å². The van der Waals surface area contributed by atoms with Crippen molar-refractivity contribution in [1.82, 2.24) is 20.2 Å². The van der Waals surface area contributed by atoms with E-state index < -0.39 is 28.0 Å². The number of hydrogen-bond acceptors (Lipinski definition) is 8. The lowest BCUT2D eigenvalue weighted by molar-refractivity contribution is -0.123. The first-order valence-electron chi connectivity index (χ1n) is 11.3. The molecule has 0 aliphatic carbocycles. The standard InChI is InChI=1S/C25H23ClN6O5S/c1-14-15(2)28-23(27-14)17-4-6-18(7-5-17)25(34)37-16(3)24(33)29-19-8-10-20(11-9-19)38(35,36)32-22-13-12-21(26)30-31-22/h4-13,16H,1-3H3,(H,27,28)(H,29,33)(H,31,32). The largest absolute Gasteiger partial charge is 0.449 e. The van der Waals surface area contributed by atoms with Crippen molar-refractivity contribution < 1.29 is 22.7 Å². The number of aromatic amines is 1. The van der Waals surface area contributed by atoms with Crippen LogP contribution in [0.4, 0.5) is 11.5 Å². The maximum Gasteiger partial charge on any atom is 0.338 e. The minimum absolute atomic E-state index is 0.00298. The number of H-pyrrole nitrogens is 1. The SMILES string of the molecule is Cc1nc(-c2ccc(C(=O)OC(C)C(=O)Nc3ccc(S(=O)(=O)Nc4ccc(Cl)nn4)cc3)cc2)[nH]c1C. The number of sulfonamides is 1. The topological polar surface area (TPSA) is 156 Å². The molecule has 196 valence electrons. The van der Waals surface area contributed by atoms with Gasteiger partial charge in [-0.15, -0.1) is 10.2 Å². The molecule has 0 aliphatic heterocycles. The summed E-state index contributed by atoms with van der Waals surface area (Å²) < 4.78 is 32.7. The van der Waals surface area contributed by atoms with Crippen LogP contribution in [-0.4, -0.2) is 46.6 Å². The number of benzene rings is 2. The second kappa shape index (κ2) is 11.0. The fraction of sp³-hybridized carbons (Fsp3) is 0.160. The van der Waals surface area contributed by atoms with E-state index in [0.29, 0.717) is 11.5 Å². The van der Waals surface area contributed by atoms with Gasteiger partial charge in [-0.25, -0.2) is 18.2 Å². The fourth-order valence-corrected chi connectivity index (χ4v) is 4.36. The molecule has 2 aromatic carbocycles. The molecule has 1 amide bonds. The van der Waals surface area contributed by atoms with Gasteiger partial charge in [-0.3, -0.25) is 9.52 Å². The monoisotopic (exact) mass is 554 g/mol. The second-order valence-electron chi connectivity index (χ2n) is 8.28. The quantitative estimate of drug-likeness (QED) is 0.274. The first-order chi connectivity index (χ1) is 18.0. The number of aryl methyl sites for hydroxylation is 2. The molecule has 0 saturated heterocycles. The zero-order valence-corrected chi connectivity index (χ0v) is 22.1. The van der Waals surface area contributed by atoms with Crippen molar-refractivity contribution in [3.63, 3.8) is 0 Å². The average molecular weight is 555 g/mol. The summed E-state index contributed by atoms with van der Waals surface area (Å²) in [7, 11) is -3.94. The first-order valence-corrected chi connectivity index (χ1v) is 13.2. The molecule has 0 bridgehead atoms. The lowest BCUT2D eigenvalue weighted by Gasteiger charge is -2.14. The Morgan fingerprint density at radius 1 is 0.974 bits per heavy atom. The van der Waals surface area contributed by atoms with Gasteiger partial charge in [0.15, 0.2) is 17.1 Å². The number of carbonyl (C=O) groups is 2. The Morgan fingerprint density at radius 2 is 1.66 bits per heavy atom. The molecule has 0 radical (unpaired) electrons. The summed E-state index contributed by atoms with van der Waals surface area (Å²) in [4.78, 5) is 32.6. The third-order valence-corrected chi connectivity index (χ3v) is 7.05. The van der Waals surface area contributed by atoms with E-state index in [4.69, 9.17) is 16.3 Å². The first kappa shape index (κ1) is 26.8. The molecule has 38 heavy (non-hydrogen) atoms. The van der Waals surface area contributed by atoms with Crippen LogP contribution >= 0.6 is 11.6 Å². The maximum atomic E-state index is 12.5. The van der Waals surface area contributed by atoms with Gasteiger partial charge in [-0.1, -0.05) is 23.7 Å². The number of amides is 1. The predicted octanol–water partition coefficient (Wildman–Crippen LogP) is 4.12. The minimum Gasteiger partial charge on any atom is -0.449 e. The molecule has 4 aromatic rings. The van der Waals surface area contributed by atoms with Crippen LogP contribution in [0.3, 0.4) is 0 Å². The zero-order valence-electron chi connectivity index (χ0n) is 20.5. The average Bonchev–Trinajstić information content (AvgIpc) is 3.23. The van der Waals surface area contributed by atoms with E-state index in [0.717, 1.165) is 17.0 Å². The number of esters is 1. The molecular weight excluding hydrogens is 532 g/mol. The number of halogens is 1. The second-order valence-corrected chi connectivity index (χ2v) is 10.4. The number of rotatable bonds is 8. The van der Waals surface area contributed by atoms with Crippen LogP contribution < -0.4 is 10.0 Å². The van der Waals surface area contributed by atoms with Crippen LogP contribution in [0.1, 0.15) is 28.7 Å². The van der Waals surface area contributed by atoms with E-state index in [1.54, 1.807) is 24.3 Å². The van der Waals surface area contributed by atoms with E-state index in [-0.39, 0.29) is 21.4 Å². The van der Waals surface area contributed by atoms with Crippen molar-refractivity contribution in [2.45, 2.75) is 31.8 Å². The van der Waals surface area contributed by atoms with Crippen molar-refractivity contribution in [2.24, 2.45) is 0 Å². The van der Waals surface area contributed by atoms with Crippen LogP contribution in [0.15, 0.2) is 65.6 Å². The van der Waals surface area contributed by atoms with Gasteiger partial charge in [0.2, 0.25) is 0 Å². The number of aromatic nitrogens is 4.